The van der Waals surface area contributed by atoms with E-state index in [9.17, 15) is 9.18 Å². The lowest BCUT2D eigenvalue weighted by Crippen LogP contribution is -2.05. The van der Waals surface area contributed by atoms with E-state index in [2.05, 4.69) is 4.99 Å². The molecule has 0 bridgehead atoms. The summed E-state index contributed by atoms with van der Waals surface area (Å²) >= 11 is 0. The number of rotatable bonds is 3. The lowest BCUT2D eigenvalue weighted by atomic mass is 10.1. The summed E-state index contributed by atoms with van der Waals surface area (Å²) < 4.78 is 23.6. The van der Waals surface area contributed by atoms with Crippen molar-refractivity contribution < 1.29 is 18.7 Å². The van der Waals surface area contributed by atoms with Crippen LogP contribution in [0.1, 0.15) is 11.1 Å². The van der Waals surface area contributed by atoms with Crippen LogP contribution in [0, 0.1) is 5.82 Å². The first kappa shape index (κ1) is 14.0. The van der Waals surface area contributed by atoms with Crippen LogP contribution in [0.5, 0.6) is 5.75 Å². The third-order valence-corrected chi connectivity index (χ3v) is 3.12. The van der Waals surface area contributed by atoms with Crippen molar-refractivity contribution in [3.8, 4) is 5.75 Å². The average molecular weight is 297 g/mol. The molecule has 2 aromatic rings. The van der Waals surface area contributed by atoms with Gasteiger partial charge in [-0.1, -0.05) is 24.3 Å². The number of nitrogens with zero attached hydrogens (tertiary/aromatic N) is 1. The van der Waals surface area contributed by atoms with Crippen molar-refractivity contribution in [2.24, 2.45) is 4.99 Å². The van der Waals surface area contributed by atoms with Gasteiger partial charge in [0.25, 0.3) is 0 Å². The van der Waals surface area contributed by atoms with Crippen LogP contribution in [0.15, 0.2) is 59.2 Å². The Morgan fingerprint density at radius 3 is 2.77 bits per heavy atom. The first-order valence-electron chi connectivity index (χ1n) is 6.59. The molecule has 0 amide bonds. The highest BCUT2D eigenvalue weighted by Crippen LogP contribution is 2.24. The van der Waals surface area contributed by atoms with Gasteiger partial charge in [0.05, 0.1) is 7.11 Å². The number of carbonyl (C=O) groups excluding carboxylic acids is 1. The number of ether oxygens (including phenoxy) is 2. The summed E-state index contributed by atoms with van der Waals surface area (Å²) in [7, 11) is 1.55. The van der Waals surface area contributed by atoms with Crippen molar-refractivity contribution in [3.63, 3.8) is 0 Å². The van der Waals surface area contributed by atoms with Gasteiger partial charge in [0.15, 0.2) is 5.70 Å². The number of para-hydroxylation sites is 1. The molecule has 0 saturated carbocycles. The normalized spacial score (nSPS) is 15.6. The molecule has 1 aliphatic heterocycles. The zero-order valence-corrected chi connectivity index (χ0v) is 11.7. The Balaban J connectivity index is 1.98. The summed E-state index contributed by atoms with van der Waals surface area (Å²) in [5, 5.41) is 0. The molecule has 0 saturated heterocycles. The number of methoxy groups -OCH3 is 1. The second-order valence-electron chi connectivity index (χ2n) is 4.59. The van der Waals surface area contributed by atoms with Crippen LogP contribution in [0.2, 0.25) is 0 Å². The molecular formula is C17H12FNO3. The molecule has 1 aliphatic rings. The molecule has 0 radical (unpaired) electrons. The molecule has 0 atom stereocenters. The van der Waals surface area contributed by atoms with E-state index in [-0.39, 0.29) is 11.6 Å². The predicted molar refractivity (Wildman–Crippen MR) is 80.0 cm³/mol. The number of cyclic esters (lactones) is 1. The van der Waals surface area contributed by atoms with Gasteiger partial charge >= 0.3 is 5.97 Å². The second-order valence-corrected chi connectivity index (χ2v) is 4.59. The number of esters is 1. The van der Waals surface area contributed by atoms with E-state index in [1.54, 1.807) is 31.4 Å². The second kappa shape index (κ2) is 5.81. The fraction of sp³-hybridized carbons (Fsp3) is 0.0588. The average Bonchev–Trinajstić information content (AvgIpc) is 2.89. The summed E-state index contributed by atoms with van der Waals surface area (Å²) in [6.45, 7) is 0. The minimum atomic E-state index is -0.579. The van der Waals surface area contributed by atoms with Crippen molar-refractivity contribution in [2.75, 3.05) is 7.11 Å². The number of aliphatic imine (C=N–C) groups is 1. The fourth-order valence-corrected chi connectivity index (χ4v) is 2.09. The van der Waals surface area contributed by atoms with Gasteiger partial charge in [0.2, 0.25) is 5.90 Å². The molecule has 0 fully saturated rings. The van der Waals surface area contributed by atoms with Crippen molar-refractivity contribution in [3.05, 3.63) is 71.2 Å². The Morgan fingerprint density at radius 2 is 2.00 bits per heavy atom. The van der Waals surface area contributed by atoms with Crippen molar-refractivity contribution in [1.29, 1.82) is 0 Å². The van der Waals surface area contributed by atoms with Gasteiger partial charge < -0.3 is 9.47 Å². The molecule has 22 heavy (non-hydrogen) atoms. The number of benzene rings is 2. The van der Waals surface area contributed by atoms with E-state index in [0.717, 1.165) is 0 Å². The lowest BCUT2D eigenvalue weighted by Gasteiger charge is -2.03. The quantitative estimate of drug-likeness (QED) is 0.646. The molecule has 3 rings (SSSR count). The third-order valence-electron chi connectivity index (χ3n) is 3.12. The summed E-state index contributed by atoms with van der Waals surface area (Å²) in [5.41, 5.74) is 1.27. The van der Waals surface area contributed by atoms with Crippen LogP contribution >= 0.6 is 0 Å². The highest BCUT2D eigenvalue weighted by atomic mass is 19.1. The van der Waals surface area contributed by atoms with Crippen LogP contribution in [0.4, 0.5) is 4.39 Å². The summed E-state index contributed by atoms with van der Waals surface area (Å²) in [6.07, 6.45) is 1.58. The van der Waals surface area contributed by atoms with Crippen LogP contribution in [-0.2, 0) is 9.53 Å². The highest BCUT2D eigenvalue weighted by molar-refractivity contribution is 6.12. The summed E-state index contributed by atoms with van der Waals surface area (Å²) in [5.74, 6) is -0.286. The first-order valence-corrected chi connectivity index (χ1v) is 6.59. The summed E-state index contributed by atoms with van der Waals surface area (Å²) in [6, 6.07) is 13.0. The zero-order valence-electron chi connectivity index (χ0n) is 11.7. The smallest absolute Gasteiger partial charge is 0.363 e. The van der Waals surface area contributed by atoms with Gasteiger partial charge in [-0.05, 0) is 30.3 Å². The molecule has 110 valence electrons. The lowest BCUT2D eigenvalue weighted by molar-refractivity contribution is -0.129. The molecule has 5 heteroatoms. The van der Waals surface area contributed by atoms with Crippen LogP contribution < -0.4 is 4.74 Å². The van der Waals surface area contributed by atoms with Gasteiger partial charge in [-0.2, -0.15) is 0 Å². The van der Waals surface area contributed by atoms with Crippen LogP contribution in [0.25, 0.3) is 6.08 Å². The van der Waals surface area contributed by atoms with Gasteiger partial charge in [-0.25, -0.2) is 14.2 Å². The van der Waals surface area contributed by atoms with E-state index >= 15 is 0 Å². The van der Waals surface area contributed by atoms with Crippen molar-refractivity contribution in [1.82, 2.24) is 0 Å². The topological polar surface area (TPSA) is 47.9 Å². The van der Waals surface area contributed by atoms with Crippen molar-refractivity contribution in [2.45, 2.75) is 0 Å². The van der Waals surface area contributed by atoms with Crippen LogP contribution in [0.3, 0.4) is 0 Å². The predicted octanol–water partition coefficient (Wildman–Crippen LogP) is 3.18. The van der Waals surface area contributed by atoms with Gasteiger partial charge in [0, 0.05) is 11.1 Å². The number of halogens is 1. The minimum Gasteiger partial charge on any atom is -0.496 e. The molecule has 4 nitrogen and oxygen atoms in total. The molecule has 2 aromatic carbocycles. The maximum absolute atomic E-state index is 13.2. The maximum Gasteiger partial charge on any atom is 0.363 e. The van der Waals surface area contributed by atoms with Crippen molar-refractivity contribution >= 4 is 17.9 Å². The van der Waals surface area contributed by atoms with E-state index < -0.39 is 11.8 Å². The SMILES string of the molecule is COc1ccccc1/C=C1\N=C(c2cccc(F)c2)OC1=O. The molecule has 0 unspecified atom stereocenters. The molecule has 0 aromatic heterocycles. The Hall–Kier alpha value is -2.95. The zero-order chi connectivity index (χ0) is 15.5. The molecule has 1 heterocycles. The Kier molecular flexibility index (Phi) is 3.70. The Bertz CT molecular complexity index is 796. The largest absolute Gasteiger partial charge is 0.496 e. The van der Waals surface area contributed by atoms with Gasteiger partial charge in [0.1, 0.15) is 11.6 Å². The van der Waals surface area contributed by atoms with E-state index in [1.807, 2.05) is 12.1 Å². The summed E-state index contributed by atoms with van der Waals surface area (Å²) in [4.78, 5) is 16.0. The van der Waals surface area contributed by atoms with E-state index in [4.69, 9.17) is 9.47 Å². The first-order chi connectivity index (χ1) is 10.7. The minimum absolute atomic E-state index is 0.0886. The Labute approximate surface area is 126 Å². The molecule has 0 N–H and O–H groups in total. The molecule has 0 aliphatic carbocycles. The van der Waals surface area contributed by atoms with Gasteiger partial charge in [-0.15, -0.1) is 0 Å². The van der Waals surface area contributed by atoms with Crippen LogP contribution in [-0.4, -0.2) is 19.0 Å². The highest BCUT2D eigenvalue weighted by Gasteiger charge is 2.24. The standard InChI is InChI=1S/C17H12FNO3/c1-21-15-8-3-2-5-11(15)10-14-17(20)22-16(19-14)12-6-4-7-13(18)9-12/h2-10H,1H3/b14-10-. The van der Waals surface area contributed by atoms with E-state index in [1.165, 1.54) is 18.2 Å². The molecule has 0 spiro atoms. The number of hydrogen-bond donors (Lipinski definition) is 0. The third kappa shape index (κ3) is 2.74. The number of hydrogen-bond acceptors (Lipinski definition) is 4. The maximum atomic E-state index is 13.2. The van der Waals surface area contributed by atoms with E-state index in [0.29, 0.717) is 16.9 Å². The Morgan fingerprint density at radius 1 is 1.18 bits per heavy atom. The fourth-order valence-electron chi connectivity index (χ4n) is 2.09. The number of carbonyl (C=O) groups is 1. The monoisotopic (exact) mass is 297 g/mol. The molecular weight excluding hydrogens is 285 g/mol. The van der Waals surface area contributed by atoms with Gasteiger partial charge in [-0.3, -0.25) is 0 Å².